The van der Waals surface area contributed by atoms with Crippen molar-refractivity contribution in [1.82, 2.24) is 5.32 Å². The normalized spacial score (nSPS) is 16.4. The molecule has 0 spiro atoms. The molecule has 1 aromatic carbocycles. The van der Waals surface area contributed by atoms with Crippen molar-refractivity contribution in [2.45, 2.75) is 18.9 Å². The van der Waals surface area contributed by atoms with E-state index in [1.165, 1.54) is 0 Å². The average Bonchev–Trinajstić information content (AvgIpc) is 3.14. The first-order chi connectivity index (χ1) is 8.52. The summed E-state index contributed by atoms with van der Waals surface area (Å²) in [5.41, 5.74) is 5.73. The fourth-order valence-electron chi connectivity index (χ4n) is 1.81. The minimum atomic E-state index is -1.02. The first-order valence-electron chi connectivity index (χ1n) is 5.68. The number of amides is 1. The van der Waals surface area contributed by atoms with E-state index in [2.05, 4.69) is 5.32 Å². The highest BCUT2D eigenvalue weighted by Gasteiger charge is 2.31. The summed E-state index contributed by atoms with van der Waals surface area (Å²) in [5.74, 6) is -1.95. The molecule has 18 heavy (non-hydrogen) atoms. The summed E-state index contributed by atoms with van der Waals surface area (Å²) >= 11 is 1.81. The lowest BCUT2D eigenvalue weighted by Gasteiger charge is -2.16. The van der Waals surface area contributed by atoms with Crippen molar-refractivity contribution < 1.29 is 13.6 Å². The van der Waals surface area contributed by atoms with Crippen LogP contribution < -0.4 is 11.1 Å². The SMILES string of the molecule is NCC(NC(=O)c1cc(F)c(F)cc1I)C1CC1. The van der Waals surface area contributed by atoms with Crippen LogP contribution in [-0.2, 0) is 0 Å². The van der Waals surface area contributed by atoms with Crippen LogP contribution in [0.3, 0.4) is 0 Å². The van der Waals surface area contributed by atoms with Gasteiger partial charge in [0.15, 0.2) is 11.6 Å². The second-order valence-electron chi connectivity index (χ2n) is 4.40. The number of rotatable bonds is 4. The monoisotopic (exact) mass is 366 g/mol. The Bertz CT molecular complexity index is 477. The molecule has 1 unspecified atom stereocenters. The van der Waals surface area contributed by atoms with Gasteiger partial charge in [-0.15, -0.1) is 0 Å². The highest BCUT2D eigenvalue weighted by atomic mass is 127. The molecule has 1 amide bonds. The molecule has 0 radical (unpaired) electrons. The Balaban J connectivity index is 2.15. The van der Waals surface area contributed by atoms with Gasteiger partial charge in [0.25, 0.3) is 5.91 Å². The summed E-state index contributed by atoms with van der Waals surface area (Å²) < 4.78 is 26.5. The van der Waals surface area contributed by atoms with E-state index in [0.717, 1.165) is 25.0 Å². The topological polar surface area (TPSA) is 55.1 Å². The number of benzene rings is 1. The number of carbonyl (C=O) groups excluding carboxylic acids is 1. The first kappa shape index (κ1) is 13.7. The molecular formula is C12H13F2IN2O. The summed E-state index contributed by atoms with van der Waals surface area (Å²) in [7, 11) is 0. The first-order valence-corrected chi connectivity index (χ1v) is 6.76. The van der Waals surface area contributed by atoms with Gasteiger partial charge in [-0.1, -0.05) is 0 Å². The Morgan fingerprint density at radius 2 is 2.06 bits per heavy atom. The van der Waals surface area contributed by atoms with Gasteiger partial charge in [0.1, 0.15) is 0 Å². The van der Waals surface area contributed by atoms with Gasteiger partial charge < -0.3 is 11.1 Å². The quantitative estimate of drug-likeness (QED) is 0.633. The van der Waals surface area contributed by atoms with Crippen LogP contribution in [0.2, 0.25) is 0 Å². The van der Waals surface area contributed by atoms with Gasteiger partial charge in [-0.2, -0.15) is 0 Å². The zero-order valence-corrected chi connectivity index (χ0v) is 11.7. The summed E-state index contributed by atoms with van der Waals surface area (Å²) in [6, 6.07) is 1.85. The van der Waals surface area contributed by atoms with Crippen LogP contribution in [0.5, 0.6) is 0 Å². The fraction of sp³-hybridized carbons (Fsp3) is 0.417. The Hall–Kier alpha value is -0.760. The summed E-state index contributed by atoms with van der Waals surface area (Å²) in [6.07, 6.45) is 2.11. The van der Waals surface area contributed by atoms with Gasteiger partial charge in [-0.05, 0) is 53.5 Å². The number of nitrogens with one attached hydrogen (secondary N) is 1. The molecular weight excluding hydrogens is 353 g/mol. The molecule has 0 saturated heterocycles. The van der Waals surface area contributed by atoms with E-state index < -0.39 is 17.5 Å². The Morgan fingerprint density at radius 1 is 1.44 bits per heavy atom. The maximum Gasteiger partial charge on any atom is 0.252 e. The third kappa shape index (κ3) is 2.97. The van der Waals surface area contributed by atoms with E-state index in [0.29, 0.717) is 16.0 Å². The van der Waals surface area contributed by atoms with Crippen LogP contribution in [0.4, 0.5) is 8.78 Å². The lowest BCUT2D eigenvalue weighted by molar-refractivity contribution is 0.0932. The highest BCUT2D eigenvalue weighted by molar-refractivity contribution is 14.1. The van der Waals surface area contributed by atoms with E-state index in [1.54, 1.807) is 0 Å². The van der Waals surface area contributed by atoms with E-state index in [9.17, 15) is 13.6 Å². The van der Waals surface area contributed by atoms with E-state index in [4.69, 9.17) is 5.73 Å². The average molecular weight is 366 g/mol. The van der Waals surface area contributed by atoms with Crippen LogP contribution in [0.25, 0.3) is 0 Å². The molecule has 0 bridgehead atoms. The Morgan fingerprint density at radius 3 is 2.61 bits per heavy atom. The van der Waals surface area contributed by atoms with E-state index >= 15 is 0 Å². The largest absolute Gasteiger partial charge is 0.348 e. The van der Waals surface area contributed by atoms with Crippen LogP contribution in [-0.4, -0.2) is 18.5 Å². The van der Waals surface area contributed by atoms with Gasteiger partial charge in [0.05, 0.1) is 5.56 Å². The molecule has 3 N–H and O–H groups in total. The standard InChI is InChI=1S/C12H13F2IN2O/c13-8-3-7(10(15)4-9(8)14)12(18)17-11(5-16)6-1-2-6/h3-4,6,11H,1-2,5,16H2,(H,17,18). The minimum Gasteiger partial charge on any atom is -0.348 e. The molecule has 1 fully saturated rings. The van der Waals surface area contributed by atoms with Crippen LogP contribution in [0.15, 0.2) is 12.1 Å². The summed E-state index contributed by atoms with van der Waals surface area (Å²) in [6.45, 7) is 0.358. The maximum atomic E-state index is 13.1. The predicted octanol–water partition coefficient (Wildman–Crippen LogP) is 2.04. The van der Waals surface area contributed by atoms with Crippen molar-refractivity contribution >= 4 is 28.5 Å². The number of hydrogen-bond acceptors (Lipinski definition) is 2. The van der Waals surface area contributed by atoms with Crippen molar-refractivity contribution in [2.24, 2.45) is 11.7 Å². The van der Waals surface area contributed by atoms with Crippen molar-refractivity contribution in [3.8, 4) is 0 Å². The van der Waals surface area contributed by atoms with E-state index in [1.807, 2.05) is 22.6 Å². The maximum absolute atomic E-state index is 13.1. The number of nitrogens with two attached hydrogens (primary N) is 1. The zero-order valence-electron chi connectivity index (χ0n) is 9.55. The van der Waals surface area contributed by atoms with Crippen molar-refractivity contribution in [1.29, 1.82) is 0 Å². The number of halogens is 3. The minimum absolute atomic E-state index is 0.0820. The lowest BCUT2D eigenvalue weighted by atomic mass is 10.1. The second-order valence-corrected chi connectivity index (χ2v) is 5.56. The zero-order chi connectivity index (χ0) is 13.3. The molecule has 1 aromatic rings. The van der Waals surface area contributed by atoms with Gasteiger partial charge in [0.2, 0.25) is 0 Å². The van der Waals surface area contributed by atoms with E-state index in [-0.39, 0.29) is 11.6 Å². The summed E-state index contributed by atoms with van der Waals surface area (Å²) in [5, 5.41) is 2.77. The summed E-state index contributed by atoms with van der Waals surface area (Å²) in [4.78, 5) is 12.0. The van der Waals surface area contributed by atoms with Gasteiger partial charge in [-0.3, -0.25) is 4.79 Å². The Kier molecular flexibility index (Phi) is 4.16. The molecule has 0 aromatic heterocycles. The highest BCUT2D eigenvalue weighted by Crippen LogP contribution is 2.32. The van der Waals surface area contributed by atoms with Crippen molar-refractivity contribution in [3.05, 3.63) is 32.9 Å². The van der Waals surface area contributed by atoms with Crippen molar-refractivity contribution in [2.75, 3.05) is 6.54 Å². The fourth-order valence-corrected chi connectivity index (χ4v) is 2.48. The predicted molar refractivity (Wildman–Crippen MR) is 72.1 cm³/mol. The molecule has 0 heterocycles. The molecule has 2 rings (SSSR count). The molecule has 0 aliphatic heterocycles. The number of carbonyl (C=O) groups is 1. The molecule has 1 aliphatic carbocycles. The molecule has 6 heteroatoms. The van der Waals surface area contributed by atoms with Crippen LogP contribution in [0.1, 0.15) is 23.2 Å². The van der Waals surface area contributed by atoms with Crippen molar-refractivity contribution in [3.63, 3.8) is 0 Å². The van der Waals surface area contributed by atoms with Gasteiger partial charge >= 0.3 is 0 Å². The smallest absolute Gasteiger partial charge is 0.252 e. The second kappa shape index (κ2) is 5.48. The van der Waals surface area contributed by atoms with Crippen LogP contribution >= 0.6 is 22.6 Å². The van der Waals surface area contributed by atoms with Gasteiger partial charge in [-0.25, -0.2) is 8.78 Å². The third-order valence-electron chi connectivity index (χ3n) is 3.02. The lowest BCUT2D eigenvalue weighted by Crippen LogP contribution is -2.42. The van der Waals surface area contributed by atoms with Gasteiger partial charge in [0, 0.05) is 16.2 Å². The Labute approximate surface area is 117 Å². The number of hydrogen-bond donors (Lipinski definition) is 2. The molecule has 3 nitrogen and oxygen atoms in total. The third-order valence-corrected chi connectivity index (χ3v) is 3.91. The molecule has 1 aliphatic rings. The molecule has 98 valence electrons. The molecule has 1 saturated carbocycles. The van der Waals surface area contributed by atoms with Crippen LogP contribution in [0, 0.1) is 21.1 Å². The molecule has 1 atom stereocenters.